The second kappa shape index (κ2) is 4.04. The van der Waals surface area contributed by atoms with E-state index < -0.39 is 0 Å². The molecular weight excluding hydrogens is 230 g/mol. The molecule has 1 N–H and O–H groups in total. The van der Waals surface area contributed by atoms with E-state index in [9.17, 15) is 0 Å². The fourth-order valence-electron chi connectivity index (χ4n) is 1.88. The Hall–Kier alpha value is -1.55. The average molecular weight is 243 g/mol. The number of nitrogens with zero attached hydrogens (tertiary/aromatic N) is 2. The summed E-state index contributed by atoms with van der Waals surface area (Å²) in [6.07, 6.45) is 6.13. The Kier molecular flexibility index (Phi) is 2.52. The van der Waals surface area contributed by atoms with E-state index in [4.69, 9.17) is 12.2 Å². The maximum Gasteiger partial charge on any atom is 0.130 e. The number of pyridine rings is 1. The molecule has 0 radical (unpaired) electrons. The smallest absolute Gasteiger partial charge is 0.130 e. The minimum Gasteiger partial charge on any atom is -0.343 e. The first kappa shape index (κ1) is 10.6. The quantitative estimate of drug-likeness (QED) is 0.822. The molecule has 1 fully saturated rings. The SMILES string of the molecule is Cc1cncc(-c2cc(=S)nc(C3CC3)[nH]2)c1. The lowest BCUT2D eigenvalue weighted by atomic mass is 10.1. The molecule has 3 rings (SSSR count). The van der Waals surface area contributed by atoms with Crippen molar-refractivity contribution in [3.63, 3.8) is 0 Å². The normalized spacial score (nSPS) is 14.9. The fourth-order valence-corrected chi connectivity index (χ4v) is 2.10. The second-order valence-electron chi connectivity index (χ2n) is 4.54. The molecule has 1 aliphatic rings. The lowest BCUT2D eigenvalue weighted by Crippen LogP contribution is -1.95. The molecule has 4 heteroatoms. The molecule has 17 heavy (non-hydrogen) atoms. The first-order valence-corrected chi connectivity index (χ1v) is 6.16. The van der Waals surface area contributed by atoms with Crippen molar-refractivity contribution in [1.82, 2.24) is 15.0 Å². The molecule has 0 amide bonds. The van der Waals surface area contributed by atoms with E-state index in [1.165, 1.54) is 12.8 Å². The summed E-state index contributed by atoms with van der Waals surface area (Å²) in [5.41, 5.74) is 3.23. The molecule has 0 atom stereocenters. The predicted octanol–water partition coefficient (Wildman–Crippen LogP) is 3.39. The number of hydrogen-bond acceptors (Lipinski definition) is 3. The third kappa shape index (κ3) is 2.26. The van der Waals surface area contributed by atoms with Gasteiger partial charge in [0.15, 0.2) is 0 Å². The zero-order valence-corrected chi connectivity index (χ0v) is 10.4. The number of aromatic nitrogens is 3. The van der Waals surface area contributed by atoms with Gasteiger partial charge in [0.25, 0.3) is 0 Å². The van der Waals surface area contributed by atoms with Gasteiger partial charge in [-0.1, -0.05) is 12.2 Å². The van der Waals surface area contributed by atoms with E-state index in [1.807, 2.05) is 25.4 Å². The Morgan fingerprint density at radius 1 is 1.29 bits per heavy atom. The van der Waals surface area contributed by atoms with Gasteiger partial charge in [-0.3, -0.25) is 4.98 Å². The van der Waals surface area contributed by atoms with Gasteiger partial charge in [0.2, 0.25) is 0 Å². The fraction of sp³-hybridized carbons (Fsp3) is 0.308. The van der Waals surface area contributed by atoms with Gasteiger partial charge in [-0.05, 0) is 37.5 Å². The number of nitrogens with one attached hydrogen (secondary N) is 1. The highest BCUT2D eigenvalue weighted by Gasteiger charge is 2.26. The van der Waals surface area contributed by atoms with Gasteiger partial charge < -0.3 is 4.98 Å². The summed E-state index contributed by atoms with van der Waals surface area (Å²) in [5, 5.41) is 0. The number of aryl methyl sites for hydroxylation is 1. The average Bonchev–Trinajstić information content (AvgIpc) is 3.12. The van der Waals surface area contributed by atoms with Gasteiger partial charge in [0, 0.05) is 23.9 Å². The van der Waals surface area contributed by atoms with Crippen LogP contribution in [0, 0.1) is 11.6 Å². The molecular formula is C13H13N3S. The molecule has 0 saturated heterocycles. The van der Waals surface area contributed by atoms with Crippen LogP contribution in [0.3, 0.4) is 0 Å². The van der Waals surface area contributed by atoms with Crippen LogP contribution >= 0.6 is 12.2 Å². The molecule has 1 aliphatic carbocycles. The van der Waals surface area contributed by atoms with Crippen molar-refractivity contribution in [2.75, 3.05) is 0 Å². The van der Waals surface area contributed by atoms with E-state index in [0.29, 0.717) is 10.6 Å². The Morgan fingerprint density at radius 2 is 2.12 bits per heavy atom. The van der Waals surface area contributed by atoms with Gasteiger partial charge >= 0.3 is 0 Å². The first-order chi connectivity index (χ1) is 8.22. The van der Waals surface area contributed by atoms with Crippen molar-refractivity contribution in [2.45, 2.75) is 25.7 Å². The lowest BCUT2D eigenvalue weighted by molar-refractivity contribution is 0.923. The van der Waals surface area contributed by atoms with Crippen LogP contribution in [0.25, 0.3) is 11.3 Å². The zero-order valence-electron chi connectivity index (χ0n) is 9.60. The van der Waals surface area contributed by atoms with Crippen molar-refractivity contribution in [3.8, 4) is 11.3 Å². The summed E-state index contributed by atoms with van der Waals surface area (Å²) in [5.74, 6) is 1.60. The maximum atomic E-state index is 5.22. The molecule has 3 nitrogen and oxygen atoms in total. The summed E-state index contributed by atoms with van der Waals surface area (Å²) in [6.45, 7) is 2.04. The third-order valence-electron chi connectivity index (χ3n) is 2.91. The summed E-state index contributed by atoms with van der Waals surface area (Å²) in [7, 11) is 0. The summed E-state index contributed by atoms with van der Waals surface area (Å²) in [6, 6.07) is 4.00. The number of hydrogen-bond donors (Lipinski definition) is 1. The van der Waals surface area contributed by atoms with Crippen molar-refractivity contribution in [2.24, 2.45) is 0 Å². The van der Waals surface area contributed by atoms with Crippen LogP contribution in [0.4, 0.5) is 0 Å². The molecule has 0 spiro atoms. The number of rotatable bonds is 2. The van der Waals surface area contributed by atoms with E-state index in [-0.39, 0.29) is 0 Å². The molecule has 0 aliphatic heterocycles. The van der Waals surface area contributed by atoms with Gasteiger partial charge in [-0.2, -0.15) is 0 Å². The van der Waals surface area contributed by atoms with Crippen LogP contribution in [0.15, 0.2) is 24.5 Å². The Morgan fingerprint density at radius 3 is 2.82 bits per heavy atom. The Balaban J connectivity index is 2.10. The molecule has 0 bridgehead atoms. The van der Waals surface area contributed by atoms with Gasteiger partial charge in [-0.15, -0.1) is 0 Å². The Bertz CT molecular complexity index is 614. The van der Waals surface area contributed by atoms with E-state index in [1.54, 1.807) is 0 Å². The van der Waals surface area contributed by atoms with Crippen molar-refractivity contribution in [3.05, 3.63) is 40.6 Å². The van der Waals surface area contributed by atoms with Gasteiger partial charge in [0.05, 0.1) is 5.69 Å². The van der Waals surface area contributed by atoms with Crippen LogP contribution in [-0.4, -0.2) is 15.0 Å². The van der Waals surface area contributed by atoms with Crippen LogP contribution < -0.4 is 0 Å². The second-order valence-corrected chi connectivity index (χ2v) is 4.96. The molecule has 86 valence electrons. The van der Waals surface area contributed by atoms with Crippen LogP contribution in [-0.2, 0) is 0 Å². The highest BCUT2D eigenvalue weighted by Crippen LogP contribution is 2.38. The largest absolute Gasteiger partial charge is 0.343 e. The minimum atomic E-state index is 0.578. The highest BCUT2D eigenvalue weighted by atomic mass is 32.1. The predicted molar refractivity (Wildman–Crippen MR) is 69.4 cm³/mol. The zero-order chi connectivity index (χ0) is 11.8. The van der Waals surface area contributed by atoms with Crippen LogP contribution in [0.1, 0.15) is 30.1 Å². The van der Waals surface area contributed by atoms with E-state index in [0.717, 1.165) is 22.6 Å². The van der Waals surface area contributed by atoms with Crippen molar-refractivity contribution in [1.29, 1.82) is 0 Å². The molecule has 1 saturated carbocycles. The first-order valence-electron chi connectivity index (χ1n) is 5.75. The highest BCUT2D eigenvalue weighted by molar-refractivity contribution is 7.71. The monoisotopic (exact) mass is 243 g/mol. The van der Waals surface area contributed by atoms with E-state index in [2.05, 4.69) is 21.0 Å². The molecule has 2 aromatic heterocycles. The molecule has 0 unspecified atom stereocenters. The van der Waals surface area contributed by atoms with Crippen molar-refractivity contribution >= 4 is 12.2 Å². The molecule has 2 heterocycles. The van der Waals surface area contributed by atoms with Crippen LogP contribution in [0.2, 0.25) is 0 Å². The summed E-state index contributed by atoms with van der Waals surface area (Å²) in [4.78, 5) is 12.0. The summed E-state index contributed by atoms with van der Waals surface area (Å²) >= 11 is 5.22. The standard InChI is InChI=1S/C13H13N3S/c1-8-4-10(7-14-6-8)11-5-12(17)16-13(15-11)9-2-3-9/h4-7,9H,2-3H2,1H3,(H,15,16,17). The Labute approximate surface area is 105 Å². The molecule has 0 aromatic carbocycles. The van der Waals surface area contributed by atoms with Gasteiger partial charge in [0.1, 0.15) is 10.5 Å². The summed E-state index contributed by atoms with van der Waals surface area (Å²) < 4.78 is 0.655. The molecule has 2 aromatic rings. The van der Waals surface area contributed by atoms with Crippen molar-refractivity contribution < 1.29 is 0 Å². The van der Waals surface area contributed by atoms with E-state index >= 15 is 0 Å². The minimum absolute atomic E-state index is 0.578. The topological polar surface area (TPSA) is 41.6 Å². The lowest BCUT2D eigenvalue weighted by Gasteiger charge is -2.05. The third-order valence-corrected chi connectivity index (χ3v) is 3.12. The number of aromatic amines is 1. The van der Waals surface area contributed by atoms with Crippen LogP contribution in [0.5, 0.6) is 0 Å². The maximum absolute atomic E-state index is 5.22. The van der Waals surface area contributed by atoms with Gasteiger partial charge in [-0.25, -0.2) is 4.98 Å². The number of H-pyrrole nitrogens is 1.